The summed E-state index contributed by atoms with van der Waals surface area (Å²) in [5.41, 5.74) is 7.03. The highest BCUT2D eigenvalue weighted by Gasteiger charge is 2.10. The molecule has 0 amide bonds. The molecule has 2 N–H and O–H groups in total. The minimum atomic E-state index is -0.166. The van der Waals surface area contributed by atoms with Crippen molar-refractivity contribution in [2.75, 3.05) is 5.75 Å². The summed E-state index contributed by atoms with van der Waals surface area (Å²) >= 11 is 1.82. The van der Waals surface area contributed by atoms with Crippen LogP contribution < -0.4 is 5.73 Å². The van der Waals surface area contributed by atoms with Crippen LogP contribution in [0.4, 0.5) is 4.39 Å². The van der Waals surface area contributed by atoms with Crippen molar-refractivity contribution in [2.45, 2.75) is 51.0 Å². The van der Waals surface area contributed by atoms with Crippen LogP contribution in [0.15, 0.2) is 23.1 Å². The first-order valence-electron chi connectivity index (χ1n) is 6.73. The Morgan fingerprint density at radius 3 is 2.61 bits per heavy atom. The molecule has 18 heavy (non-hydrogen) atoms. The molecule has 0 saturated carbocycles. The van der Waals surface area contributed by atoms with E-state index >= 15 is 0 Å². The highest BCUT2D eigenvalue weighted by molar-refractivity contribution is 7.99. The van der Waals surface area contributed by atoms with E-state index in [0.29, 0.717) is 5.92 Å². The first-order valence-corrected chi connectivity index (χ1v) is 7.72. The first kappa shape index (κ1) is 15.5. The number of benzene rings is 1. The molecule has 3 heteroatoms. The second kappa shape index (κ2) is 7.80. The Morgan fingerprint density at radius 1 is 1.28 bits per heavy atom. The third kappa shape index (κ3) is 4.99. The van der Waals surface area contributed by atoms with Gasteiger partial charge in [-0.15, -0.1) is 11.8 Å². The van der Waals surface area contributed by atoms with Crippen molar-refractivity contribution in [2.24, 2.45) is 11.7 Å². The van der Waals surface area contributed by atoms with E-state index in [9.17, 15) is 4.39 Å². The molecule has 102 valence electrons. The average molecular weight is 269 g/mol. The maximum Gasteiger partial charge on any atom is 0.123 e. The highest BCUT2D eigenvalue weighted by atomic mass is 32.2. The molecule has 1 aromatic carbocycles. The molecule has 2 unspecified atom stereocenters. The fraction of sp³-hybridized carbons (Fsp3) is 0.600. The number of rotatable bonds is 7. The van der Waals surface area contributed by atoms with Crippen LogP contribution in [0.25, 0.3) is 0 Å². The minimum Gasteiger partial charge on any atom is -0.327 e. The molecule has 0 aliphatic heterocycles. The lowest BCUT2D eigenvalue weighted by Gasteiger charge is -2.14. The van der Waals surface area contributed by atoms with Crippen LogP contribution in [0.5, 0.6) is 0 Å². The van der Waals surface area contributed by atoms with Crippen LogP contribution in [0.3, 0.4) is 0 Å². The first-order chi connectivity index (χ1) is 8.56. The molecule has 0 saturated heterocycles. The van der Waals surface area contributed by atoms with Gasteiger partial charge in [0.1, 0.15) is 5.82 Å². The van der Waals surface area contributed by atoms with Crippen LogP contribution in [0, 0.1) is 11.7 Å². The smallest absolute Gasteiger partial charge is 0.123 e. The summed E-state index contributed by atoms with van der Waals surface area (Å²) in [6.07, 6.45) is 2.86. The molecular weight excluding hydrogens is 245 g/mol. The maximum atomic E-state index is 13.3. The Hall–Kier alpha value is -0.540. The number of halogens is 1. The Morgan fingerprint density at radius 2 is 2.00 bits per heavy atom. The molecule has 0 radical (unpaired) electrons. The summed E-state index contributed by atoms with van der Waals surface area (Å²) < 4.78 is 13.3. The van der Waals surface area contributed by atoms with Gasteiger partial charge in [0.05, 0.1) is 0 Å². The zero-order valence-electron chi connectivity index (χ0n) is 11.6. The monoisotopic (exact) mass is 269 g/mol. The van der Waals surface area contributed by atoms with Gasteiger partial charge in [0.25, 0.3) is 0 Å². The lowest BCUT2D eigenvalue weighted by molar-refractivity contribution is 0.609. The highest BCUT2D eigenvalue weighted by Crippen LogP contribution is 2.27. The van der Waals surface area contributed by atoms with Crippen molar-refractivity contribution < 1.29 is 4.39 Å². The normalized spacial score (nSPS) is 14.5. The minimum absolute atomic E-state index is 0.120. The van der Waals surface area contributed by atoms with E-state index in [1.807, 2.05) is 17.8 Å². The van der Waals surface area contributed by atoms with Crippen LogP contribution >= 0.6 is 11.8 Å². The third-order valence-corrected chi connectivity index (χ3v) is 4.69. The van der Waals surface area contributed by atoms with Crippen molar-refractivity contribution in [1.82, 2.24) is 0 Å². The summed E-state index contributed by atoms with van der Waals surface area (Å²) in [4.78, 5) is 1.18. The topological polar surface area (TPSA) is 26.0 Å². The van der Waals surface area contributed by atoms with Gasteiger partial charge in [0.15, 0.2) is 0 Å². The van der Waals surface area contributed by atoms with Gasteiger partial charge in [-0.2, -0.15) is 0 Å². The zero-order chi connectivity index (χ0) is 13.5. The molecule has 1 aromatic rings. The van der Waals surface area contributed by atoms with E-state index in [1.54, 1.807) is 12.1 Å². The van der Waals surface area contributed by atoms with E-state index in [1.165, 1.54) is 11.3 Å². The Balaban J connectivity index is 2.76. The van der Waals surface area contributed by atoms with Crippen LogP contribution in [-0.4, -0.2) is 11.8 Å². The predicted molar refractivity (Wildman–Crippen MR) is 78.5 cm³/mol. The van der Waals surface area contributed by atoms with Gasteiger partial charge < -0.3 is 5.73 Å². The molecule has 1 nitrogen and oxygen atoms in total. The van der Waals surface area contributed by atoms with Crippen molar-refractivity contribution in [3.05, 3.63) is 29.6 Å². The van der Waals surface area contributed by atoms with Gasteiger partial charge in [0.2, 0.25) is 0 Å². The van der Waals surface area contributed by atoms with E-state index < -0.39 is 0 Å². The lowest BCUT2D eigenvalue weighted by Crippen LogP contribution is -2.21. The zero-order valence-corrected chi connectivity index (χ0v) is 12.4. The molecule has 0 aliphatic carbocycles. The van der Waals surface area contributed by atoms with E-state index in [4.69, 9.17) is 5.73 Å². The summed E-state index contributed by atoms with van der Waals surface area (Å²) in [6, 6.07) is 5.18. The molecular formula is C15H24FNS. The average Bonchev–Trinajstić information content (AvgIpc) is 2.37. The Bertz CT molecular complexity index is 368. The largest absolute Gasteiger partial charge is 0.327 e. The fourth-order valence-corrected chi connectivity index (χ4v) is 2.82. The lowest BCUT2D eigenvalue weighted by atomic mass is 10.0. The second-order valence-electron chi connectivity index (χ2n) is 4.95. The maximum absolute atomic E-state index is 13.3. The number of hydrogen-bond donors (Lipinski definition) is 1. The van der Waals surface area contributed by atoms with Gasteiger partial charge in [-0.05, 0) is 42.5 Å². The fourth-order valence-electron chi connectivity index (χ4n) is 1.63. The molecule has 0 bridgehead atoms. The van der Waals surface area contributed by atoms with Crippen LogP contribution in [-0.2, 0) is 6.42 Å². The van der Waals surface area contributed by atoms with Gasteiger partial charge in [-0.3, -0.25) is 0 Å². The standard InChI is InChI=1S/C15H24FNS/c1-4-11(3)10-18-15-7-6-13(16)8-12(15)9-14(17)5-2/h6-8,11,14H,4-5,9-10,17H2,1-3H3. The summed E-state index contributed by atoms with van der Waals surface area (Å²) in [6.45, 7) is 6.51. The third-order valence-electron chi connectivity index (χ3n) is 3.25. The quantitative estimate of drug-likeness (QED) is 0.749. The summed E-state index contributed by atoms with van der Waals surface area (Å²) in [5, 5.41) is 0. The van der Waals surface area contributed by atoms with Crippen LogP contribution in [0.1, 0.15) is 39.2 Å². The number of hydrogen-bond acceptors (Lipinski definition) is 2. The molecule has 0 fully saturated rings. The van der Waals surface area contributed by atoms with Gasteiger partial charge in [-0.25, -0.2) is 4.39 Å². The van der Waals surface area contributed by atoms with Crippen molar-refractivity contribution in [1.29, 1.82) is 0 Å². The van der Waals surface area contributed by atoms with Gasteiger partial charge >= 0.3 is 0 Å². The van der Waals surface area contributed by atoms with Crippen molar-refractivity contribution >= 4 is 11.8 Å². The summed E-state index contributed by atoms with van der Waals surface area (Å²) in [7, 11) is 0. The molecule has 0 aromatic heterocycles. The molecule has 0 heterocycles. The van der Waals surface area contributed by atoms with Gasteiger partial charge in [0, 0.05) is 16.7 Å². The summed E-state index contributed by atoms with van der Waals surface area (Å²) in [5.74, 6) is 1.60. The SMILES string of the molecule is CCC(C)CSc1ccc(F)cc1CC(N)CC. The van der Waals surface area contributed by atoms with E-state index in [-0.39, 0.29) is 11.9 Å². The number of nitrogens with two attached hydrogens (primary N) is 1. The number of thioether (sulfide) groups is 1. The molecule has 0 spiro atoms. The Kier molecular flexibility index (Phi) is 6.72. The van der Waals surface area contributed by atoms with Gasteiger partial charge in [-0.1, -0.05) is 27.2 Å². The van der Waals surface area contributed by atoms with E-state index in [2.05, 4.69) is 20.8 Å². The van der Waals surface area contributed by atoms with Crippen molar-refractivity contribution in [3.8, 4) is 0 Å². The molecule has 2 atom stereocenters. The van der Waals surface area contributed by atoms with Crippen LogP contribution in [0.2, 0.25) is 0 Å². The Labute approximate surface area is 114 Å². The van der Waals surface area contributed by atoms with E-state index in [0.717, 1.165) is 24.2 Å². The molecule has 0 aliphatic rings. The predicted octanol–water partition coefficient (Wildman–Crippen LogP) is 4.24. The molecule has 1 rings (SSSR count). The second-order valence-corrected chi connectivity index (χ2v) is 6.01. The van der Waals surface area contributed by atoms with Crippen molar-refractivity contribution in [3.63, 3.8) is 0 Å².